The van der Waals surface area contributed by atoms with Crippen LogP contribution in [-0.4, -0.2) is 46.7 Å². The molecule has 0 aromatic heterocycles. The highest BCUT2D eigenvalue weighted by atomic mass is 19.1. The fraction of sp³-hybridized carbons (Fsp3) is 0.312. The molecule has 2 N–H and O–H groups in total. The number of rotatable bonds is 6. The molecule has 1 heterocycles. The number of benzene rings is 1. The molecule has 4 unspecified atom stereocenters. The highest BCUT2D eigenvalue weighted by molar-refractivity contribution is 6.23. The first-order valence-electron chi connectivity index (χ1n) is 6.98. The van der Waals surface area contributed by atoms with Crippen LogP contribution in [0.2, 0.25) is 0 Å². The number of likely N-dealkylation sites (tertiary alicyclic amines) is 1. The van der Waals surface area contributed by atoms with Gasteiger partial charge in [0.05, 0.1) is 12.1 Å². The van der Waals surface area contributed by atoms with Crippen LogP contribution in [0, 0.1) is 0 Å². The Bertz CT molecular complexity index is 620. The summed E-state index contributed by atoms with van der Waals surface area (Å²) in [6.45, 7) is 5.05. The van der Waals surface area contributed by atoms with Crippen molar-refractivity contribution in [2.45, 2.75) is 31.3 Å². The average Bonchev–Trinajstić information content (AvgIpc) is 2.52. The van der Waals surface area contributed by atoms with E-state index in [1.807, 2.05) is 0 Å². The summed E-state index contributed by atoms with van der Waals surface area (Å²) in [4.78, 5) is 34.4. The molecule has 6 nitrogen and oxygen atoms in total. The molecule has 1 fully saturated rings. The quantitative estimate of drug-likeness (QED) is 0.354. The first-order valence-corrected chi connectivity index (χ1v) is 6.98. The molecule has 0 saturated carbocycles. The Kier molecular flexibility index (Phi) is 4.90. The molecule has 7 heteroatoms. The molecule has 1 amide bonds. The van der Waals surface area contributed by atoms with Gasteiger partial charge in [0.2, 0.25) is 6.29 Å². The molecular formula is C16H17FN2O4. The standard InChI is InChI=1S/C16H17FN2O4/c1-9(2)13(16(22)23)19-14(17)12(10-6-4-3-5-7-10)15(19)18-11(21)8-20/h3-8,12-15H,1H2,2H3,(H,18,21)(H,22,23). The van der Waals surface area contributed by atoms with E-state index in [0.29, 0.717) is 5.56 Å². The third-order valence-electron chi connectivity index (χ3n) is 3.82. The molecule has 0 spiro atoms. The summed E-state index contributed by atoms with van der Waals surface area (Å²) in [5.41, 5.74) is 0.843. The molecule has 1 aromatic rings. The van der Waals surface area contributed by atoms with E-state index in [1.54, 1.807) is 30.3 Å². The number of carbonyl (C=O) groups is 3. The Balaban J connectivity index is 2.35. The first kappa shape index (κ1) is 16.8. The molecule has 4 atom stereocenters. The van der Waals surface area contributed by atoms with E-state index in [0.717, 1.165) is 4.90 Å². The number of carbonyl (C=O) groups excluding carboxylic acids is 2. The number of carboxylic acids is 1. The number of aliphatic carboxylic acids is 1. The normalized spacial score (nSPS) is 25.0. The van der Waals surface area contributed by atoms with Crippen molar-refractivity contribution in [3.8, 4) is 0 Å². The summed E-state index contributed by atoms with van der Waals surface area (Å²) >= 11 is 0. The lowest BCUT2D eigenvalue weighted by Gasteiger charge is -2.53. The molecule has 0 bridgehead atoms. The number of hydrogen-bond acceptors (Lipinski definition) is 4. The fourth-order valence-corrected chi connectivity index (χ4v) is 2.83. The molecule has 1 aliphatic heterocycles. The number of nitrogens with one attached hydrogen (secondary N) is 1. The van der Waals surface area contributed by atoms with Crippen LogP contribution in [0.25, 0.3) is 0 Å². The molecule has 23 heavy (non-hydrogen) atoms. The Hall–Kier alpha value is -2.54. The Morgan fingerprint density at radius 3 is 2.48 bits per heavy atom. The van der Waals surface area contributed by atoms with Gasteiger partial charge in [-0.2, -0.15) is 0 Å². The number of nitrogens with zero attached hydrogens (tertiary/aromatic N) is 1. The zero-order valence-corrected chi connectivity index (χ0v) is 12.5. The Labute approximate surface area is 132 Å². The lowest BCUT2D eigenvalue weighted by Crippen LogP contribution is -2.71. The largest absolute Gasteiger partial charge is 0.480 e. The SMILES string of the molecule is C=C(C)C(C(=O)O)N1C(F)C(c2ccccc2)C1NC(=O)C=O. The number of amides is 1. The summed E-state index contributed by atoms with van der Waals surface area (Å²) in [5, 5.41) is 11.7. The minimum absolute atomic E-state index is 0.0718. The van der Waals surface area contributed by atoms with Crippen LogP contribution in [0.4, 0.5) is 4.39 Å². The second-order valence-corrected chi connectivity index (χ2v) is 5.41. The van der Waals surface area contributed by atoms with Gasteiger partial charge in [0.25, 0.3) is 5.91 Å². The van der Waals surface area contributed by atoms with Crippen LogP contribution < -0.4 is 5.32 Å². The van der Waals surface area contributed by atoms with Gasteiger partial charge in [0, 0.05) is 0 Å². The van der Waals surface area contributed by atoms with E-state index >= 15 is 0 Å². The number of aldehydes is 1. The van der Waals surface area contributed by atoms with E-state index in [4.69, 9.17) is 0 Å². The molecule has 0 radical (unpaired) electrons. The van der Waals surface area contributed by atoms with Crippen molar-refractivity contribution in [1.82, 2.24) is 10.2 Å². The smallest absolute Gasteiger partial charge is 0.325 e. The number of alkyl halides is 1. The highest BCUT2D eigenvalue weighted by Crippen LogP contribution is 2.42. The van der Waals surface area contributed by atoms with Crippen molar-refractivity contribution in [2.24, 2.45) is 0 Å². The van der Waals surface area contributed by atoms with Crippen LogP contribution in [0.5, 0.6) is 0 Å². The highest BCUT2D eigenvalue weighted by Gasteiger charge is 2.55. The molecule has 1 aromatic carbocycles. The van der Waals surface area contributed by atoms with Crippen molar-refractivity contribution in [1.29, 1.82) is 0 Å². The first-order chi connectivity index (χ1) is 10.9. The Morgan fingerprint density at radius 1 is 1.39 bits per heavy atom. The van der Waals surface area contributed by atoms with Crippen LogP contribution >= 0.6 is 0 Å². The summed E-state index contributed by atoms with van der Waals surface area (Å²) in [7, 11) is 0. The topological polar surface area (TPSA) is 86.7 Å². The monoisotopic (exact) mass is 320 g/mol. The number of hydrogen-bond donors (Lipinski definition) is 2. The summed E-state index contributed by atoms with van der Waals surface area (Å²) in [5.74, 6) is -2.96. The van der Waals surface area contributed by atoms with Crippen LogP contribution in [-0.2, 0) is 14.4 Å². The van der Waals surface area contributed by atoms with Gasteiger partial charge in [-0.25, -0.2) is 9.29 Å². The van der Waals surface area contributed by atoms with Crippen LogP contribution in [0.3, 0.4) is 0 Å². The van der Waals surface area contributed by atoms with Gasteiger partial charge in [-0.3, -0.25) is 14.4 Å². The third-order valence-corrected chi connectivity index (χ3v) is 3.82. The predicted octanol–water partition coefficient (Wildman–Crippen LogP) is 1.05. The van der Waals surface area contributed by atoms with E-state index in [9.17, 15) is 23.9 Å². The van der Waals surface area contributed by atoms with Crippen molar-refractivity contribution in [3.05, 3.63) is 48.0 Å². The lowest BCUT2D eigenvalue weighted by molar-refractivity contribution is -0.167. The van der Waals surface area contributed by atoms with Gasteiger partial charge in [0.15, 0.2) is 6.30 Å². The van der Waals surface area contributed by atoms with Crippen molar-refractivity contribution in [2.75, 3.05) is 0 Å². The average molecular weight is 320 g/mol. The van der Waals surface area contributed by atoms with Crippen molar-refractivity contribution in [3.63, 3.8) is 0 Å². The van der Waals surface area contributed by atoms with E-state index < -0.39 is 36.3 Å². The number of carboxylic acid groups (broad SMARTS) is 1. The zero-order chi connectivity index (χ0) is 17.1. The number of halogens is 1. The molecule has 2 rings (SSSR count). The molecule has 0 aliphatic carbocycles. The van der Waals surface area contributed by atoms with Gasteiger partial charge in [-0.15, -0.1) is 0 Å². The lowest BCUT2D eigenvalue weighted by atomic mass is 9.83. The minimum Gasteiger partial charge on any atom is -0.480 e. The summed E-state index contributed by atoms with van der Waals surface area (Å²) in [6.07, 6.45) is -2.49. The van der Waals surface area contributed by atoms with Crippen LogP contribution in [0.15, 0.2) is 42.5 Å². The second kappa shape index (κ2) is 6.70. The second-order valence-electron chi connectivity index (χ2n) is 5.41. The maximum absolute atomic E-state index is 14.7. The van der Waals surface area contributed by atoms with Gasteiger partial charge < -0.3 is 10.4 Å². The maximum atomic E-state index is 14.7. The van der Waals surface area contributed by atoms with Gasteiger partial charge in [-0.05, 0) is 12.5 Å². The molecule has 1 saturated heterocycles. The van der Waals surface area contributed by atoms with E-state index in [-0.39, 0.29) is 11.9 Å². The molecule has 1 aliphatic rings. The van der Waals surface area contributed by atoms with Crippen LogP contribution in [0.1, 0.15) is 18.4 Å². The van der Waals surface area contributed by atoms with Gasteiger partial charge >= 0.3 is 5.97 Å². The molecular weight excluding hydrogens is 303 g/mol. The predicted molar refractivity (Wildman–Crippen MR) is 80.2 cm³/mol. The van der Waals surface area contributed by atoms with Gasteiger partial charge in [-0.1, -0.05) is 42.5 Å². The van der Waals surface area contributed by atoms with E-state index in [1.165, 1.54) is 6.92 Å². The zero-order valence-electron chi connectivity index (χ0n) is 12.5. The fourth-order valence-electron chi connectivity index (χ4n) is 2.83. The molecule has 122 valence electrons. The van der Waals surface area contributed by atoms with Crippen molar-refractivity contribution >= 4 is 18.2 Å². The van der Waals surface area contributed by atoms with E-state index in [2.05, 4.69) is 11.9 Å². The third kappa shape index (κ3) is 3.14. The summed E-state index contributed by atoms with van der Waals surface area (Å²) < 4.78 is 14.7. The van der Waals surface area contributed by atoms with Crippen molar-refractivity contribution < 1.29 is 23.9 Å². The summed E-state index contributed by atoms with van der Waals surface area (Å²) in [6, 6.07) is 7.28. The Morgan fingerprint density at radius 2 is 2.00 bits per heavy atom. The van der Waals surface area contributed by atoms with Gasteiger partial charge in [0.1, 0.15) is 6.04 Å². The minimum atomic E-state index is -1.62. The maximum Gasteiger partial charge on any atom is 0.325 e.